The average molecular weight is 275 g/mol. The van der Waals surface area contributed by atoms with Crippen molar-refractivity contribution in [2.24, 2.45) is 0 Å². The van der Waals surface area contributed by atoms with Crippen LogP contribution in [0.2, 0.25) is 0 Å². The molecule has 0 saturated heterocycles. The van der Waals surface area contributed by atoms with Crippen molar-refractivity contribution in [2.45, 2.75) is 13.3 Å². The number of amides is 1. The maximum absolute atomic E-state index is 11.5. The van der Waals surface area contributed by atoms with Gasteiger partial charge >= 0.3 is 0 Å². The first-order chi connectivity index (χ1) is 9.77. The highest BCUT2D eigenvalue weighted by molar-refractivity contribution is 5.77. The van der Waals surface area contributed by atoms with Gasteiger partial charge in [-0.05, 0) is 25.5 Å². The van der Waals surface area contributed by atoms with Gasteiger partial charge < -0.3 is 15.5 Å². The Bertz CT molecular complexity index is 392. The Morgan fingerprint density at radius 1 is 1.35 bits per heavy atom. The molecule has 0 bridgehead atoms. The number of carbonyl (C=O) groups excluding carboxylic acids is 1. The zero-order valence-electron chi connectivity index (χ0n) is 12.3. The molecule has 0 aliphatic rings. The first-order valence-electron chi connectivity index (χ1n) is 7.16. The Morgan fingerprint density at radius 2 is 2.10 bits per heavy atom. The number of carbonyl (C=O) groups is 1. The van der Waals surface area contributed by atoms with Crippen LogP contribution in [0.15, 0.2) is 43.0 Å². The summed E-state index contributed by atoms with van der Waals surface area (Å²) in [5.41, 5.74) is 1.23. The SMILES string of the molecule is C=CCNCC(=O)NCCCN(CC)c1ccccc1. The largest absolute Gasteiger partial charge is 0.372 e. The molecular weight excluding hydrogens is 250 g/mol. The molecule has 0 heterocycles. The number of benzene rings is 1. The molecule has 1 amide bonds. The zero-order chi connectivity index (χ0) is 14.6. The van der Waals surface area contributed by atoms with E-state index < -0.39 is 0 Å². The molecule has 0 saturated carbocycles. The van der Waals surface area contributed by atoms with Gasteiger partial charge in [0.05, 0.1) is 6.54 Å². The fourth-order valence-electron chi connectivity index (χ4n) is 1.96. The molecule has 1 aromatic carbocycles. The Morgan fingerprint density at radius 3 is 2.75 bits per heavy atom. The third-order valence-corrected chi connectivity index (χ3v) is 3.00. The Balaban J connectivity index is 2.19. The summed E-state index contributed by atoms with van der Waals surface area (Å²) in [4.78, 5) is 13.8. The van der Waals surface area contributed by atoms with Crippen molar-refractivity contribution in [3.63, 3.8) is 0 Å². The van der Waals surface area contributed by atoms with E-state index in [1.54, 1.807) is 6.08 Å². The molecule has 0 atom stereocenters. The monoisotopic (exact) mass is 275 g/mol. The summed E-state index contributed by atoms with van der Waals surface area (Å²) in [6.45, 7) is 9.36. The van der Waals surface area contributed by atoms with Gasteiger partial charge in [0.1, 0.15) is 0 Å². The third kappa shape index (κ3) is 6.38. The van der Waals surface area contributed by atoms with Gasteiger partial charge in [0.15, 0.2) is 0 Å². The van der Waals surface area contributed by atoms with Crippen LogP contribution in [-0.2, 0) is 4.79 Å². The maximum Gasteiger partial charge on any atom is 0.233 e. The van der Waals surface area contributed by atoms with Crippen LogP contribution in [0.3, 0.4) is 0 Å². The van der Waals surface area contributed by atoms with E-state index in [0.717, 1.165) is 19.5 Å². The lowest BCUT2D eigenvalue weighted by molar-refractivity contribution is -0.120. The van der Waals surface area contributed by atoms with Crippen LogP contribution >= 0.6 is 0 Å². The highest BCUT2D eigenvalue weighted by Crippen LogP contribution is 2.12. The maximum atomic E-state index is 11.5. The molecule has 20 heavy (non-hydrogen) atoms. The lowest BCUT2D eigenvalue weighted by atomic mass is 10.2. The van der Waals surface area contributed by atoms with Crippen molar-refractivity contribution in [1.82, 2.24) is 10.6 Å². The smallest absolute Gasteiger partial charge is 0.233 e. The van der Waals surface area contributed by atoms with E-state index in [1.165, 1.54) is 5.69 Å². The fraction of sp³-hybridized carbons (Fsp3) is 0.438. The molecular formula is C16H25N3O. The summed E-state index contributed by atoms with van der Waals surface area (Å²) in [6, 6.07) is 10.3. The molecule has 110 valence electrons. The summed E-state index contributed by atoms with van der Waals surface area (Å²) < 4.78 is 0. The predicted octanol–water partition coefficient (Wildman–Crippen LogP) is 1.79. The van der Waals surface area contributed by atoms with Gasteiger partial charge in [0.25, 0.3) is 0 Å². The fourth-order valence-corrected chi connectivity index (χ4v) is 1.96. The molecule has 0 aliphatic carbocycles. The average Bonchev–Trinajstić information content (AvgIpc) is 2.48. The van der Waals surface area contributed by atoms with Gasteiger partial charge in [0.2, 0.25) is 5.91 Å². The van der Waals surface area contributed by atoms with Crippen molar-refractivity contribution in [1.29, 1.82) is 0 Å². The second kappa shape index (κ2) is 10.0. The summed E-state index contributed by atoms with van der Waals surface area (Å²) >= 11 is 0. The number of nitrogens with one attached hydrogen (secondary N) is 2. The van der Waals surface area contributed by atoms with Crippen LogP contribution in [0.5, 0.6) is 0 Å². The number of anilines is 1. The molecule has 2 N–H and O–H groups in total. The quantitative estimate of drug-likeness (QED) is 0.505. The molecule has 1 rings (SSSR count). The predicted molar refractivity (Wildman–Crippen MR) is 85.0 cm³/mol. The van der Waals surface area contributed by atoms with Crippen molar-refractivity contribution in [3.8, 4) is 0 Å². The van der Waals surface area contributed by atoms with Gasteiger partial charge in [-0.15, -0.1) is 6.58 Å². The normalized spacial score (nSPS) is 10.1. The highest BCUT2D eigenvalue weighted by Gasteiger charge is 2.03. The van der Waals surface area contributed by atoms with Crippen molar-refractivity contribution in [2.75, 3.05) is 37.6 Å². The van der Waals surface area contributed by atoms with Crippen LogP contribution in [0.1, 0.15) is 13.3 Å². The van der Waals surface area contributed by atoms with E-state index in [0.29, 0.717) is 19.6 Å². The molecule has 0 radical (unpaired) electrons. The highest BCUT2D eigenvalue weighted by atomic mass is 16.1. The van der Waals surface area contributed by atoms with Gasteiger partial charge in [0, 0.05) is 31.9 Å². The second-order valence-corrected chi connectivity index (χ2v) is 4.54. The second-order valence-electron chi connectivity index (χ2n) is 4.54. The first kappa shape index (κ1) is 16.2. The first-order valence-corrected chi connectivity index (χ1v) is 7.16. The minimum absolute atomic E-state index is 0.0367. The molecule has 1 aromatic rings. The molecule has 0 spiro atoms. The van der Waals surface area contributed by atoms with Crippen molar-refractivity contribution >= 4 is 11.6 Å². The molecule has 0 fully saturated rings. The number of para-hydroxylation sites is 1. The third-order valence-electron chi connectivity index (χ3n) is 3.00. The zero-order valence-corrected chi connectivity index (χ0v) is 12.3. The van der Waals surface area contributed by atoms with Gasteiger partial charge in [-0.1, -0.05) is 24.3 Å². The topological polar surface area (TPSA) is 44.4 Å². The summed E-state index contributed by atoms with van der Waals surface area (Å²) in [7, 11) is 0. The van der Waals surface area contributed by atoms with Gasteiger partial charge in [-0.2, -0.15) is 0 Å². The Kier molecular flexibility index (Phi) is 8.15. The van der Waals surface area contributed by atoms with E-state index in [9.17, 15) is 4.79 Å². The van der Waals surface area contributed by atoms with Crippen LogP contribution in [0, 0.1) is 0 Å². The Labute approximate surface area is 121 Å². The number of hydrogen-bond acceptors (Lipinski definition) is 3. The van der Waals surface area contributed by atoms with Gasteiger partial charge in [-0.3, -0.25) is 4.79 Å². The molecule has 0 unspecified atom stereocenters. The molecule has 4 heteroatoms. The van der Waals surface area contributed by atoms with E-state index in [1.807, 2.05) is 18.2 Å². The van der Waals surface area contributed by atoms with E-state index >= 15 is 0 Å². The number of hydrogen-bond donors (Lipinski definition) is 2. The standard InChI is InChI=1S/C16H25N3O/c1-3-11-17-14-16(20)18-12-8-13-19(4-2)15-9-6-5-7-10-15/h3,5-7,9-10,17H,1,4,8,11-14H2,2H3,(H,18,20). The lowest BCUT2D eigenvalue weighted by Crippen LogP contribution is -2.35. The van der Waals surface area contributed by atoms with Crippen LogP contribution in [0.4, 0.5) is 5.69 Å². The van der Waals surface area contributed by atoms with Crippen molar-refractivity contribution < 1.29 is 4.79 Å². The van der Waals surface area contributed by atoms with Crippen LogP contribution in [-0.4, -0.2) is 38.6 Å². The molecule has 4 nitrogen and oxygen atoms in total. The summed E-state index contributed by atoms with van der Waals surface area (Å²) in [6.07, 6.45) is 2.68. The van der Waals surface area contributed by atoms with Crippen LogP contribution < -0.4 is 15.5 Å². The number of nitrogens with zero attached hydrogens (tertiary/aromatic N) is 1. The van der Waals surface area contributed by atoms with E-state index in [-0.39, 0.29) is 5.91 Å². The van der Waals surface area contributed by atoms with Crippen LogP contribution in [0.25, 0.3) is 0 Å². The minimum Gasteiger partial charge on any atom is -0.372 e. The Hall–Kier alpha value is -1.81. The summed E-state index contributed by atoms with van der Waals surface area (Å²) in [5, 5.41) is 5.89. The van der Waals surface area contributed by atoms with Crippen molar-refractivity contribution in [3.05, 3.63) is 43.0 Å². The molecule has 0 aromatic heterocycles. The van der Waals surface area contributed by atoms with Gasteiger partial charge in [-0.25, -0.2) is 0 Å². The minimum atomic E-state index is 0.0367. The lowest BCUT2D eigenvalue weighted by Gasteiger charge is -2.23. The molecule has 0 aliphatic heterocycles. The number of rotatable bonds is 10. The van der Waals surface area contributed by atoms with E-state index in [2.05, 4.69) is 41.2 Å². The van der Waals surface area contributed by atoms with E-state index in [4.69, 9.17) is 0 Å². The summed E-state index contributed by atoms with van der Waals surface area (Å²) in [5.74, 6) is 0.0367.